The Morgan fingerprint density at radius 3 is 2.90 bits per heavy atom. The maximum absolute atomic E-state index is 10.4. The Morgan fingerprint density at radius 1 is 2.00 bits per heavy atom. The van der Waals surface area contributed by atoms with Crippen molar-refractivity contribution in [3.63, 3.8) is 0 Å². The number of esters is 1. The van der Waals surface area contributed by atoms with Gasteiger partial charge in [-0.2, -0.15) is 0 Å². The van der Waals surface area contributed by atoms with Gasteiger partial charge in [0.25, 0.3) is 0 Å². The first-order valence-electron chi connectivity index (χ1n) is 2.70. The van der Waals surface area contributed by atoms with Gasteiger partial charge in [-0.25, -0.2) is 0 Å². The quantitative estimate of drug-likeness (QED) is 0.376. The first-order chi connectivity index (χ1) is 4.70. The predicted octanol–water partition coefficient (Wildman–Crippen LogP) is 1.99. The molecule has 0 rings (SSSR count). The summed E-state index contributed by atoms with van der Waals surface area (Å²) < 4.78 is 4.76. The Balaban J connectivity index is 3.59. The van der Waals surface area contributed by atoms with Crippen molar-refractivity contribution >= 4 is 29.3 Å². The number of hydrogen-bond acceptors (Lipinski definition) is 3. The van der Waals surface area contributed by atoms with Gasteiger partial charge in [-0.3, -0.25) is 4.79 Å². The molecule has 58 valence electrons. The summed E-state index contributed by atoms with van der Waals surface area (Å²) in [4.78, 5) is 10.4. The lowest BCUT2D eigenvalue weighted by Crippen LogP contribution is -2.12. The van der Waals surface area contributed by atoms with Crippen LogP contribution >= 0.6 is 23.4 Å². The third-order valence-electron chi connectivity index (χ3n) is 0.671. The Bertz CT molecular complexity index is 127. The summed E-state index contributed by atoms with van der Waals surface area (Å²) in [6.07, 6.45) is 0. The van der Waals surface area contributed by atoms with Crippen molar-refractivity contribution in [3.05, 3.63) is 12.0 Å². The van der Waals surface area contributed by atoms with Crippen LogP contribution in [0.25, 0.3) is 0 Å². The summed E-state index contributed by atoms with van der Waals surface area (Å²) in [6.45, 7) is 4.82. The van der Waals surface area contributed by atoms with Gasteiger partial charge < -0.3 is 4.74 Å². The highest BCUT2D eigenvalue weighted by Gasteiger charge is 2.07. The second kappa shape index (κ2) is 5.62. The van der Waals surface area contributed by atoms with Crippen LogP contribution in [0.3, 0.4) is 0 Å². The average Bonchev–Trinajstić information content (AvgIpc) is 1.86. The van der Waals surface area contributed by atoms with Crippen LogP contribution in [0.2, 0.25) is 0 Å². The molecule has 0 saturated heterocycles. The summed E-state index contributed by atoms with van der Waals surface area (Å²) in [7, 11) is 0. The Hall–Kier alpha value is -0.150. The van der Waals surface area contributed by atoms with E-state index in [4.69, 9.17) is 16.3 Å². The van der Waals surface area contributed by atoms with Crippen LogP contribution in [-0.2, 0) is 9.53 Å². The van der Waals surface area contributed by atoms with E-state index in [1.54, 1.807) is 5.41 Å². The van der Waals surface area contributed by atoms with Gasteiger partial charge in [-0.15, -0.1) is 11.6 Å². The molecule has 1 unspecified atom stereocenters. The molecule has 0 fully saturated rings. The first kappa shape index (κ1) is 9.85. The lowest BCUT2D eigenvalue weighted by Gasteiger charge is -2.09. The Labute approximate surface area is 69.6 Å². The van der Waals surface area contributed by atoms with Gasteiger partial charge in [0.2, 0.25) is 0 Å². The molecule has 0 aromatic rings. The number of carbonyl (C=O) groups is 1. The number of thioether (sulfide) groups is 1. The minimum atomic E-state index is -0.319. The highest BCUT2D eigenvalue weighted by atomic mass is 35.5. The van der Waals surface area contributed by atoms with E-state index in [-0.39, 0.29) is 17.3 Å². The molecule has 0 aromatic carbocycles. The first-order valence-corrected chi connectivity index (χ1v) is 4.18. The molecule has 0 bridgehead atoms. The number of rotatable bonds is 4. The molecule has 0 aromatic heterocycles. The molecule has 10 heavy (non-hydrogen) atoms. The number of ether oxygens (including phenoxy) is 1. The van der Waals surface area contributed by atoms with Crippen molar-refractivity contribution in [1.29, 1.82) is 0 Å². The minimum absolute atomic E-state index is 0.288. The van der Waals surface area contributed by atoms with Crippen LogP contribution in [0, 0.1) is 0 Å². The molecule has 0 heterocycles. The maximum atomic E-state index is 10.4. The van der Waals surface area contributed by atoms with E-state index in [0.29, 0.717) is 0 Å². The van der Waals surface area contributed by atoms with Gasteiger partial charge in [0.1, 0.15) is 0 Å². The van der Waals surface area contributed by atoms with E-state index < -0.39 is 0 Å². The third-order valence-corrected chi connectivity index (χ3v) is 1.89. The molecule has 0 saturated carbocycles. The molecule has 0 spiro atoms. The van der Waals surface area contributed by atoms with E-state index in [9.17, 15) is 4.79 Å². The van der Waals surface area contributed by atoms with Crippen LogP contribution in [0.4, 0.5) is 0 Å². The second-order valence-electron chi connectivity index (χ2n) is 1.50. The highest BCUT2D eigenvalue weighted by Crippen LogP contribution is 2.14. The largest absolute Gasteiger partial charge is 0.450 e. The summed E-state index contributed by atoms with van der Waals surface area (Å²) in [6, 6.07) is 0. The molecule has 2 nitrogen and oxygen atoms in total. The van der Waals surface area contributed by atoms with E-state index >= 15 is 0 Å². The number of halogens is 1. The third kappa shape index (κ3) is 4.70. The predicted molar refractivity (Wildman–Crippen MR) is 44.1 cm³/mol. The van der Waals surface area contributed by atoms with Crippen molar-refractivity contribution in [2.45, 2.75) is 12.4 Å². The maximum Gasteiger partial charge on any atom is 0.303 e. The second-order valence-corrected chi connectivity index (χ2v) is 2.94. The van der Waals surface area contributed by atoms with E-state index in [1.165, 1.54) is 18.7 Å². The van der Waals surface area contributed by atoms with Crippen LogP contribution in [0.15, 0.2) is 12.0 Å². The summed E-state index contributed by atoms with van der Waals surface area (Å²) in [5.74, 6) is -0.0315. The van der Waals surface area contributed by atoms with Gasteiger partial charge >= 0.3 is 5.97 Å². The standard InChI is InChI=1S/C6H9ClO2S/c1-3-10-6(4-7)9-5(2)8/h3,6H,1,4H2,2H3. The molecule has 0 radical (unpaired) electrons. The van der Waals surface area contributed by atoms with E-state index in [0.717, 1.165) is 0 Å². The molecular weight excluding hydrogens is 172 g/mol. The van der Waals surface area contributed by atoms with E-state index in [1.807, 2.05) is 0 Å². The zero-order valence-electron chi connectivity index (χ0n) is 5.67. The number of alkyl halides is 1. The topological polar surface area (TPSA) is 26.3 Å². The lowest BCUT2D eigenvalue weighted by molar-refractivity contribution is -0.141. The Kier molecular flexibility index (Phi) is 5.54. The van der Waals surface area contributed by atoms with Crippen molar-refractivity contribution in [3.8, 4) is 0 Å². The summed E-state index contributed by atoms with van der Waals surface area (Å²) >= 11 is 6.74. The fourth-order valence-corrected chi connectivity index (χ4v) is 1.15. The van der Waals surface area contributed by atoms with Crippen molar-refractivity contribution < 1.29 is 9.53 Å². The zero-order chi connectivity index (χ0) is 7.98. The zero-order valence-corrected chi connectivity index (χ0v) is 7.24. The summed E-state index contributed by atoms with van der Waals surface area (Å²) in [5, 5.41) is 1.59. The van der Waals surface area contributed by atoms with Crippen LogP contribution in [0.5, 0.6) is 0 Å². The van der Waals surface area contributed by atoms with Crippen LogP contribution in [-0.4, -0.2) is 17.3 Å². The monoisotopic (exact) mass is 180 g/mol. The fraction of sp³-hybridized carbons (Fsp3) is 0.500. The van der Waals surface area contributed by atoms with Gasteiger partial charge in [0.05, 0.1) is 5.88 Å². The molecular formula is C6H9ClO2S. The molecule has 0 aliphatic heterocycles. The van der Waals surface area contributed by atoms with Crippen LogP contribution in [0.1, 0.15) is 6.92 Å². The average molecular weight is 181 g/mol. The smallest absolute Gasteiger partial charge is 0.303 e. The number of hydrogen-bond donors (Lipinski definition) is 0. The van der Waals surface area contributed by atoms with Gasteiger partial charge in [-0.05, 0) is 5.41 Å². The van der Waals surface area contributed by atoms with Crippen molar-refractivity contribution in [2.75, 3.05) is 5.88 Å². The lowest BCUT2D eigenvalue weighted by atomic mass is 10.8. The normalized spacial score (nSPS) is 12.2. The minimum Gasteiger partial charge on any atom is -0.450 e. The Morgan fingerprint density at radius 2 is 2.60 bits per heavy atom. The van der Waals surface area contributed by atoms with Gasteiger partial charge in [0, 0.05) is 6.92 Å². The van der Waals surface area contributed by atoms with Crippen molar-refractivity contribution in [2.24, 2.45) is 0 Å². The molecule has 1 atom stereocenters. The molecule has 0 aliphatic carbocycles. The molecule has 0 N–H and O–H groups in total. The fourth-order valence-electron chi connectivity index (χ4n) is 0.388. The number of carbonyl (C=O) groups excluding carboxylic acids is 1. The SMILES string of the molecule is C=CSC(CCl)OC(C)=O. The summed E-state index contributed by atoms with van der Waals surface area (Å²) in [5.41, 5.74) is -0.295. The van der Waals surface area contributed by atoms with Crippen LogP contribution < -0.4 is 0 Å². The van der Waals surface area contributed by atoms with E-state index in [2.05, 4.69) is 6.58 Å². The van der Waals surface area contributed by atoms with Gasteiger partial charge in [0.15, 0.2) is 5.44 Å². The molecule has 0 aliphatic rings. The molecule has 0 amide bonds. The molecule has 4 heteroatoms. The van der Waals surface area contributed by atoms with Gasteiger partial charge in [-0.1, -0.05) is 18.3 Å². The highest BCUT2D eigenvalue weighted by molar-refractivity contribution is 8.02. The van der Waals surface area contributed by atoms with Crippen molar-refractivity contribution in [1.82, 2.24) is 0 Å².